The molecular weight excluding hydrogens is 267 g/mol. The number of benzene rings is 1. The van der Waals surface area contributed by atoms with E-state index in [-0.39, 0.29) is 23.6 Å². The maximum absolute atomic E-state index is 12.5. The highest BCUT2D eigenvalue weighted by molar-refractivity contribution is 7.80. The van der Waals surface area contributed by atoms with Crippen molar-refractivity contribution in [3.63, 3.8) is 0 Å². The molecule has 1 aliphatic rings. The van der Waals surface area contributed by atoms with Crippen LogP contribution in [-0.2, 0) is 10.9 Å². The molecule has 1 N–H and O–H groups in total. The molecule has 18 heavy (non-hydrogen) atoms. The fourth-order valence-corrected chi connectivity index (χ4v) is 1.70. The van der Waals surface area contributed by atoms with Gasteiger partial charge in [0.2, 0.25) is 0 Å². The molecule has 0 aromatic heterocycles. The van der Waals surface area contributed by atoms with E-state index in [1.54, 1.807) is 0 Å². The maximum Gasteiger partial charge on any atom is 0.416 e. The van der Waals surface area contributed by atoms with Crippen LogP contribution in [0.25, 0.3) is 0 Å². The quantitative estimate of drug-likeness (QED) is 0.859. The second-order valence-electron chi connectivity index (χ2n) is 3.74. The average Bonchev–Trinajstić information content (AvgIpc) is 2.72. The zero-order chi connectivity index (χ0) is 13.2. The van der Waals surface area contributed by atoms with Crippen LogP contribution in [0.1, 0.15) is 5.56 Å². The van der Waals surface area contributed by atoms with E-state index in [1.807, 2.05) is 0 Å². The predicted molar refractivity (Wildman–Crippen MR) is 62.4 cm³/mol. The molecule has 1 aromatic rings. The van der Waals surface area contributed by atoms with Crippen LogP contribution in [0.5, 0.6) is 5.75 Å². The summed E-state index contributed by atoms with van der Waals surface area (Å²) in [6.07, 6.45) is -4.64. The molecule has 1 fully saturated rings. The summed E-state index contributed by atoms with van der Waals surface area (Å²) in [5.74, 6) is 0.159. The van der Waals surface area contributed by atoms with Crippen LogP contribution in [0.2, 0.25) is 0 Å². The Kier molecular flexibility index (Phi) is 3.60. The van der Waals surface area contributed by atoms with Gasteiger partial charge < -0.3 is 14.8 Å². The van der Waals surface area contributed by atoms with Crippen LogP contribution in [-0.4, -0.2) is 24.4 Å². The number of alkyl halides is 3. The first-order valence-corrected chi connectivity index (χ1v) is 5.60. The largest absolute Gasteiger partial charge is 0.490 e. The van der Waals surface area contributed by atoms with Gasteiger partial charge in [0.05, 0.1) is 12.1 Å². The molecule has 0 amide bonds. The minimum absolute atomic E-state index is 0.147. The molecule has 0 saturated carbocycles. The lowest BCUT2D eigenvalue weighted by Gasteiger charge is -2.12. The van der Waals surface area contributed by atoms with E-state index >= 15 is 0 Å². The summed E-state index contributed by atoms with van der Waals surface area (Å²) in [4.78, 5) is 0. The van der Waals surface area contributed by atoms with Crippen molar-refractivity contribution in [1.82, 2.24) is 5.32 Å². The SMILES string of the molecule is FC(F)(F)c1cccc(OC[C@H]2CNC(=S)O2)c1. The van der Waals surface area contributed by atoms with Crippen molar-refractivity contribution in [2.24, 2.45) is 0 Å². The van der Waals surface area contributed by atoms with Gasteiger partial charge in [-0.05, 0) is 30.4 Å². The van der Waals surface area contributed by atoms with Crippen molar-refractivity contribution >= 4 is 17.4 Å². The number of rotatable bonds is 3. The normalized spacial score (nSPS) is 19.3. The van der Waals surface area contributed by atoms with Gasteiger partial charge >= 0.3 is 6.18 Å². The Bertz CT molecular complexity index is 450. The number of ether oxygens (including phenoxy) is 2. The van der Waals surface area contributed by atoms with Crippen molar-refractivity contribution in [3.8, 4) is 5.75 Å². The Balaban J connectivity index is 1.95. The summed E-state index contributed by atoms with van der Waals surface area (Å²) in [5, 5.41) is 3.08. The van der Waals surface area contributed by atoms with Gasteiger partial charge in [-0.1, -0.05) is 6.07 Å². The number of thiocarbonyl (C=S) groups is 1. The van der Waals surface area contributed by atoms with Crippen molar-refractivity contribution in [2.45, 2.75) is 12.3 Å². The summed E-state index contributed by atoms with van der Waals surface area (Å²) >= 11 is 4.76. The van der Waals surface area contributed by atoms with Crippen LogP contribution in [0.3, 0.4) is 0 Å². The van der Waals surface area contributed by atoms with Gasteiger partial charge in [-0.15, -0.1) is 0 Å². The van der Waals surface area contributed by atoms with E-state index in [0.717, 1.165) is 12.1 Å². The number of hydrogen-bond donors (Lipinski definition) is 1. The van der Waals surface area contributed by atoms with Crippen molar-refractivity contribution in [1.29, 1.82) is 0 Å². The molecule has 7 heteroatoms. The van der Waals surface area contributed by atoms with E-state index < -0.39 is 11.7 Å². The molecule has 0 radical (unpaired) electrons. The van der Waals surface area contributed by atoms with Gasteiger partial charge in [0.25, 0.3) is 5.17 Å². The first-order chi connectivity index (χ1) is 8.45. The molecule has 1 atom stereocenters. The van der Waals surface area contributed by atoms with Gasteiger partial charge in [0.1, 0.15) is 12.4 Å². The summed E-state index contributed by atoms with van der Waals surface area (Å²) in [6, 6.07) is 4.72. The monoisotopic (exact) mass is 277 g/mol. The highest BCUT2D eigenvalue weighted by atomic mass is 32.1. The molecule has 0 aliphatic carbocycles. The molecule has 0 unspecified atom stereocenters. The van der Waals surface area contributed by atoms with E-state index in [4.69, 9.17) is 21.7 Å². The van der Waals surface area contributed by atoms with Crippen molar-refractivity contribution in [3.05, 3.63) is 29.8 Å². The van der Waals surface area contributed by atoms with Gasteiger partial charge in [-0.3, -0.25) is 0 Å². The second-order valence-corrected chi connectivity index (χ2v) is 4.12. The van der Waals surface area contributed by atoms with E-state index in [2.05, 4.69) is 5.32 Å². The van der Waals surface area contributed by atoms with E-state index in [1.165, 1.54) is 12.1 Å². The van der Waals surface area contributed by atoms with E-state index in [9.17, 15) is 13.2 Å². The Labute approximate surface area is 107 Å². The highest BCUT2D eigenvalue weighted by Crippen LogP contribution is 2.31. The Morgan fingerprint density at radius 1 is 1.44 bits per heavy atom. The van der Waals surface area contributed by atoms with Crippen molar-refractivity contribution < 1.29 is 22.6 Å². The Hall–Kier alpha value is -1.50. The lowest BCUT2D eigenvalue weighted by molar-refractivity contribution is -0.137. The highest BCUT2D eigenvalue weighted by Gasteiger charge is 2.30. The molecule has 1 heterocycles. The van der Waals surface area contributed by atoms with Gasteiger partial charge in [-0.2, -0.15) is 13.2 Å². The zero-order valence-corrected chi connectivity index (χ0v) is 9.98. The summed E-state index contributed by atoms with van der Waals surface area (Å²) in [7, 11) is 0. The second kappa shape index (κ2) is 5.01. The fraction of sp³-hybridized carbons (Fsp3) is 0.364. The third-order valence-electron chi connectivity index (χ3n) is 2.35. The smallest absolute Gasteiger partial charge is 0.416 e. The molecule has 0 spiro atoms. The Morgan fingerprint density at radius 3 is 2.83 bits per heavy atom. The molecule has 2 rings (SSSR count). The molecule has 98 valence electrons. The molecular formula is C11H10F3NO2S. The number of halogens is 3. The van der Waals surface area contributed by atoms with Crippen LogP contribution < -0.4 is 10.1 Å². The maximum atomic E-state index is 12.5. The molecule has 1 saturated heterocycles. The van der Waals surface area contributed by atoms with Crippen LogP contribution in [0, 0.1) is 0 Å². The third kappa shape index (κ3) is 3.25. The standard InChI is InChI=1S/C11H10F3NO2S/c12-11(13,14)7-2-1-3-8(4-7)16-6-9-5-15-10(18)17-9/h1-4,9H,5-6H2,(H,15,18)/t9-/m1/s1. The summed E-state index contributed by atoms with van der Waals surface area (Å²) < 4.78 is 47.8. The van der Waals surface area contributed by atoms with Crippen LogP contribution in [0.15, 0.2) is 24.3 Å². The predicted octanol–water partition coefficient (Wildman–Crippen LogP) is 2.36. The summed E-state index contributed by atoms with van der Waals surface area (Å²) in [5.41, 5.74) is -0.735. The minimum Gasteiger partial charge on any atom is -0.490 e. The molecule has 1 aromatic carbocycles. The zero-order valence-electron chi connectivity index (χ0n) is 9.16. The third-order valence-corrected chi connectivity index (χ3v) is 2.59. The fourth-order valence-electron chi connectivity index (χ4n) is 1.48. The first kappa shape index (κ1) is 12.9. The number of hydrogen-bond acceptors (Lipinski definition) is 3. The van der Waals surface area contributed by atoms with E-state index in [0.29, 0.717) is 6.54 Å². The average molecular weight is 277 g/mol. The van der Waals surface area contributed by atoms with Crippen LogP contribution in [0.4, 0.5) is 13.2 Å². The van der Waals surface area contributed by atoms with Crippen LogP contribution >= 0.6 is 12.2 Å². The van der Waals surface area contributed by atoms with Gasteiger partial charge in [0, 0.05) is 0 Å². The molecule has 0 bridgehead atoms. The van der Waals surface area contributed by atoms with Gasteiger partial charge in [0.15, 0.2) is 6.10 Å². The number of nitrogens with one attached hydrogen (secondary N) is 1. The van der Waals surface area contributed by atoms with Crippen molar-refractivity contribution in [2.75, 3.05) is 13.2 Å². The topological polar surface area (TPSA) is 30.5 Å². The lowest BCUT2D eigenvalue weighted by atomic mass is 10.2. The molecule has 3 nitrogen and oxygen atoms in total. The lowest BCUT2D eigenvalue weighted by Crippen LogP contribution is -2.22. The minimum atomic E-state index is -4.37. The summed E-state index contributed by atoms with van der Waals surface area (Å²) in [6.45, 7) is 0.645. The molecule has 1 aliphatic heterocycles. The van der Waals surface area contributed by atoms with Gasteiger partial charge in [-0.25, -0.2) is 0 Å². The first-order valence-electron chi connectivity index (χ1n) is 5.20. The Morgan fingerprint density at radius 2 is 2.22 bits per heavy atom.